The van der Waals surface area contributed by atoms with Gasteiger partial charge < -0.3 is 20.3 Å². The average molecular weight is 430 g/mol. The van der Waals surface area contributed by atoms with Gasteiger partial charge in [-0.3, -0.25) is 14.4 Å². The molecule has 2 aromatic rings. The second-order valence-corrected chi connectivity index (χ2v) is 8.22. The van der Waals surface area contributed by atoms with Crippen LogP contribution in [0, 0.1) is 5.92 Å². The molecule has 0 aliphatic heterocycles. The number of carbonyl (C=O) groups excluding carboxylic acids is 3. The molecule has 3 amide bonds. The summed E-state index contributed by atoms with van der Waals surface area (Å²) in [5.41, 5.74) is 1.03. The Hall–Kier alpha value is -3.00. The van der Waals surface area contributed by atoms with E-state index in [9.17, 15) is 14.4 Å². The van der Waals surface area contributed by atoms with Gasteiger partial charge in [0.1, 0.15) is 11.8 Å². The fraction of sp³-hybridized carbons (Fsp3) is 0.318. The highest BCUT2D eigenvalue weighted by atomic mass is 32.2. The first-order valence-electron chi connectivity index (χ1n) is 9.46. The number of hydrogen-bond donors (Lipinski definition) is 2. The minimum absolute atomic E-state index is 0.0760. The van der Waals surface area contributed by atoms with E-state index in [-0.39, 0.29) is 23.0 Å². The quantitative estimate of drug-likeness (QED) is 0.653. The van der Waals surface area contributed by atoms with Crippen molar-refractivity contribution in [1.82, 2.24) is 10.2 Å². The second-order valence-electron chi connectivity index (χ2n) is 7.20. The predicted molar refractivity (Wildman–Crippen MR) is 119 cm³/mol. The molecule has 0 fully saturated rings. The van der Waals surface area contributed by atoms with Crippen molar-refractivity contribution >= 4 is 34.5 Å². The van der Waals surface area contributed by atoms with Crippen molar-refractivity contribution in [3.8, 4) is 5.75 Å². The third-order valence-corrected chi connectivity index (χ3v) is 5.33. The van der Waals surface area contributed by atoms with Crippen LogP contribution in [0.1, 0.15) is 24.2 Å². The smallest absolute Gasteiger partial charge is 0.285 e. The number of nitrogens with one attached hydrogen (secondary N) is 2. The van der Waals surface area contributed by atoms with Crippen molar-refractivity contribution in [3.63, 3.8) is 0 Å². The van der Waals surface area contributed by atoms with Gasteiger partial charge in [-0.1, -0.05) is 13.8 Å². The van der Waals surface area contributed by atoms with Crippen LogP contribution in [-0.4, -0.2) is 49.2 Å². The highest BCUT2D eigenvalue weighted by Crippen LogP contribution is 2.22. The molecule has 160 valence electrons. The Kier molecular flexibility index (Phi) is 8.29. The van der Waals surface area contributed by atoms with Crippen LogP contribution in [0.4, 0.5) is 10.5 Å². The monoisotopic (exact) mass is 429 g/mol. The molecule has 0 radical (unpaired) electrons. The molecule has 0 saturated heterocycles. The van der Waals surface area contributed by atoms with E-state index in [0.29, 0.717) is 17.0 Å². The molecule has 0 saturated carbocycles. The number of anilines is 1. The summed E-state index contributed by atoms with van der Waals surface area (Å²) in [5.74, 6) is -0.101. The van der Waals surface area contributed by atoms with Crippen molar-refractivity contribution in [3.05, 3.63) is 54.1 Å². The molecule has 2 aromatic carbocycles. The summed E-state index contributed by atoms with van der Waals surface area (Å²) in [7, 11) is 4.94. The predicted octanol–water partition coefficient (Wildman–Crippen LogP) is 3.86. The maximum absolute atomic E-state index is 12.8. The fourth-order valence-corrected chi connectivity index (χ4v) is 3.18. The zero-order chi connectivity index (χ0) is 22.3. The molecule has 0 aliphatic rings. The Morgan fingerprint density at radius 3 is 2.07 bits per heavy atom. The third kappa shape index (κ3) is 6.52. The number of hydrogen-bond acceptors (Lipinski definition) is 5. The van der Waals surface area contributed by atoms with Crippen LogP contribution in [0.5, 0.6) is 5.75 Å². The molecular formula is C22H27N3O4S. The molecule has 1 atom stereocenters. The molecule has 2 N–H and O–H groups in total. The Labute approximate surface area is 181 Å². The minimum atomic E-state index is -0.705. The van der Waals surface area contributed by atoms with E-state index >= 15 is 0 Å². The lowest BCUT2D eigenvalue weighted by atomic mass is 10.0. The Morgan fingerprint density at radius 1 is 0.967 bits per heavy atom. The maximum Gasteiger partial charge on any atom is 0.285 e. The minimum Gasteiger partial charge on any atom is -0.497 e. The van der Waals surface area contributed by atoms with Gasteiger partial charge in [0, 0.05) is 30.2 Å². The second kappa shape index (κ2) is 10.7. The molecule has 2 rings (SSSR count). The van der Waals surface area contributed by atoms with Crippen LogP contribution in [0.15, 0.2) is 53.4 Å². The SMILES string of the molecule is COc1ccc(C(=O)NC(C(=O)Nc2ccc(SC(=O)N(C)C)cc2)C(C)C)cc1. The highest BCUT2D eigenvalue weighted by Gasteiger charge is 2.25. The summed E-state index contributed by atoms with van der Waals surface area (Å²) in [6.07, 6.45) is 0. The van der Waals surface area contributed by atoms with Crippen LogP contribution in [0.2, 0.25) is 0 Å². The van der Waals surface area contributed by atoms with E-state index in [0.717, 1.165) is 16.7 Å². The lowest BCUT2D eigenvalue weighted by Crippen LogP contribution is -2.47. The molecule has 8 heteroatoms. The number of thioether (sulfide) groups is 1. The van der Waals surface area contributed by atoms with E-state index in [2.05, 4.69) is 10.6 Å². The number of methoxy groups -OCH3 is 1. The number of rotatable bonds is 7. The molecule has 0 aromatic heterocycles. The van der Waals surface area contributed by atoms with Gasteiger partial charge >= 0.3 is 0 Å². The lowest BCUT2D eigenvalue weighted by molar-refractivity contribution is -0.118. The van der Waals surface area contributed by atoms with E-state index < -0.39 is 6.04 Å². The van der Waals surface area contributed by atoms with Crippen LogP contribution in [0.25, 0.3) is 0 Å². The van der Waals surface area contributed by atoms with Gasteiger partial charge in [-0.25, -0.2) is 0 Å². The van der Waals surface area contributed by atoms with Crippen molar-refractivity contribution < 1.29 is 19.1 Å². The summed E-state index contributed by atoms with van der Waals surface area (Å²) >= 11 is 1.11. The molecule has 0 spiro atoms. The Bertz CT molecular complexity index is 880. The first-order valence-corrected chi connectivity index (χ1v) is 10.3. The van der Waals surface area contributed by atoms with Gasteiger partial charge in [-0.15, -0.1) is 0 Å². The topological polar surface area (TPSA) is 87.7 Å². The van der Waals surface area contributed by atoms with Crippen LogP contribution < -0.4 is 15.4 Å². The van der Waals surface area contributed by atoms with Crippen molar-refractivity contribution in [2.24, 2.45) is 5.92 Å². The van der Waals surface area contributed by atoms with Gasteiger partial charge in [-0.2, -0.15) is 0 Å². The first-order chi connectivity index (χ1) is 14.2. The molecule has 0 heterocycles. The Balaban J connectivity index is 2.02. The standard InChI is InChI=1S/C22H27N3O4S/c1-14(2)19(24-20(26)15-6-10-17(29-5)11-7-15)21(27)23-16-8-12-18(13-9-16)30-22(28)25(3)4/h6-14,19H,1-5H3,(H,23,27)(H,24,26). The van der Waals surface area contributed by atoms with Gasteiger partial charge in [-0.05, 0) is 66.2 Å². The van der Waals surface area contributed by atoms with Crippen molar-refractivity contribution in [2.75, 3.05) is 26.5 Å². The normalized spacial score (nSPS) is 11.5. The summed E-state index contributed by atoms with van der Waals surface area (Å²) in [6.45, 7) is 3.73. The molecule has 0 aliphatic carbocycles. The first kappa shape index (κ1) is 23.3. The van der Waals surface area contributed by atoms with Gasteiger partial charge in [0.2, 0.25) is 5.91 Å². The number of nitrogens with zero attached hydrogens (tertiary/aromatic N) is 1. The molecule has 0 bridgehead atoms. The Morgan fingerprint density at radius 2 is 1.57 bits per heavy atom. The van der Waals surface area contributed by atoms with Crippen LogP contribution in [0.3, 0.4) is 0 Å². The van der Waals surface area contributed by atoms with E-state index in [1.807, 2.05) is 13.8 Å². The fourth-order valence-electron chi connectivity index (χ4n) is 2.52. The molecular weight excluding hydrogens is 402 g/mol. The average Bonchev–Trinajstić information content (AvgIpc) is 2.72. The summed E-state index contributed by atoms with van der Waals surface area (Å²) in [4.78, 5) is 39.4. The van der Waals surface area contributed by atoms with Gasteiger partial charge in [0.05, 0.1) is 7.11 Å². The number of carbonyl (C=O) groups is 3. The maximum atomic E-state index is 12.8. The van der Waals surface area contributed by atoms with Gasteiger partial charge in [0.15, 0.2) is 0 Å². The summed E-state index contributed by atoms with van der Waals surface area (Å²) < 4.78 is 5.10. The molecule has 1 unspecified atom stereocenters. The van der Waals surface area contributed by atoms with Crippen molar-refractivity contribution in [2.45, 2.75) is 24.8 Å². The van der Waals surface area contributed by atoms with Gasteiger partial charge in [0.25, 0.3) is 11.1 Å². The number of benzene rings is 2. The lowest BCUT2D eigenvalue weighted by Gasteiger charge is -2.22. The number of amides is 3. The van der Waals surface area contributed by atoms with Crippen molar-refractivity contribution in [1.29, 1.82) is 0 Å². The van der Waals surface area contributed by atoms with E-state index in [1.54, 1.807) is 69.7 Å². The third-order valence-electron chi connectivity index (χ3n) is 4.28. The van der Waals surface area contributed by atoms with E-state index in [1.165, 1.54) is 4.90 Å². The van der Waals surface area contributed by atoms with Crippen LogP contribution in [-0.2, 0) is 4.79 Å². The van der Waals surface area contributed by atoms with Crippen LogP contribution >= 0.6 is 11.8 Å². The molecule has 7 nitrogen and oxygen atoms in total. The zero-order valence-corrected chi connectivity index (χ0v) is 18.6. The highest BCUT2D eigenvalue weighted by molar-refractivity contribution is 8.13. The number of ether oxygens (including phenoxy) is 1. The molecule has 30 heavy (non-hydrogen) atoms. The largest absolute Gasteiger partial charge is 0.497 e. The van der Waals surface area contributed by atoms with E-state index in [4.69, 9.17) is 4.74 Å². The zero-order valence-electron chi connectivity index (χ0n) is 17.8. The summed E-state index contributed by atoms with van der Waals surface area (Å²) in [6, 6.07) is 13.0. The summed E-state index contributed by atoms with van der Waals surface area (Å²) in [5, 5.41) is 5.54.